The van der Waals surface area contributed by atoms with Gasteiger partial charge in [-0.2, -0.15) is 8.42 Å². The Balaban J connectivity index is 2.53. The fraction of sp³-hybridized carbons (Fsp3) is 0.778. The molecule has 0 bridgehead atoms. The summed E-state index contributed by atoms with van der Waals surface area (Å²) in [5.74, 6) is 2.16. The summed E-state index contributed by atoms with van der Waals surface area (Å²) in [6, 6.07) is 0. The minimum atomic E-state index is -3.39. The van der Waals surface area contributed by atoms with Gasteiger partial charge in [-0.05, 0) is 12.8 Å². The molecule has 0 atom stereocenters. The van der Waals surface area contributed by atoms with E-state index in [4.69, 9.17) is 6.42 Å². The lowest BCUT2D eigenvalue weighted by Crippen LogP contribution is -2.26. The molecule has 0 saturated heterocycles. The predicted octanol–water partition coefficient (Wildman–Crippen LogP) is 1.30. The van der Waals surface area contributed by atoms with Gasteiger partial charge in [0, 0.05) is 0 Å². The molecular formula is C9H14O3S. The highest BCUT2D eigenvalue weighted by atomic mass is 32.2. The number of rotatable bonds is 3. The Bertz CT molecular complexity index is 280. The molecule has 0 aromatic rings. The molecule has 0 aliphatic heterocycles. The van der Waals surface area contributed by atoms with Gasteiger partial charge in [-0.15, -0.1) is 6.42 Å². The molecule has 1 saturated carbocycles. The third-order valence-electron chi connectivity index (χ3n) is 2.27. The predicted molar refractivity (Wildman–Crippen MR) is 50.6 cm³/mol. The molecule has 74 valence electrons. The lowest BCUT2D eigenvalue weighted by Gasteiger charge is -2.20. The van der Waals surface area contributed by atoms with E-state index in [0.29, 0.717) is 12.8 Å². The number of hydrogen-bond acceptors (Lipinski definition) is 3. The molecule has 0 spiro atoms. The van der Waals surface area contributed by atoms with Gasteiger partial charge in [0.2, 0.25) is 0 Å². The van der Waals surface area contributed by atoms with Crippen LogP contribution in [0.25, 0.3) is 0 Å². The quantitative estimate of drug-likeness (QED) is 0.512. The van der Waals surface area contributed by atoms with E-state index in [1.165, 1.54) is 0 Å². The lowest BCUT2D eigenvalue weighted by atomic mass is 10.0. The summed E-state index contributed by atoms with van der Waals surface area (Å²) in [6.07, 6.45) is 9.43. The van der Waals surface area contributed by atoms with Gasteiger partial charge < -0.3 is 0 Å². The van der Waals surface area contributed by atoms with Gasteiger partial charge in [0.1, 0.15) is 6.61 Å². The molecular weight excluding hydrogens is 188 g/mol. The van der Waals surface area contributed by atoms with E-state index in [1.807, 2.05) is 0 Å². The molecule has 0 radical (unpaired) electrons. The zero-order valence-electron chi connectivity index (χ0n) is 7.53. The highest BCUT2D eigenvalue weighted by molar-refractivity contribution is 7.87. The first-order valence-corrected chi connectivity index (χ1v) is 5.95. The van der Waals surface area contributed by atoms with E-state index in [1.54, 1.807) is 0 Å². The summed E-state index contributed by atoms with van der Waals surface area (Å²) in [7, 11) is -3.39. The molecule has 1 aliphatic carbocycles. The van der Waals surface area contributed by atoms with E-state index in [0.717, 1.165) is 19.3 Å². The van der Waals surface area contributed by atoms with Crippen molar-refractivity contribution in [3.8, 4) is 12.3 Å². The number of hydrogen-bond donors (Lipinski definition) is 0. The zero-order valence-corrected chi connectivity index (χ0v) is 8.35. The van der Waals surface area contributed by atoms with Crippen molar-refractivity contribution in [3.63, 3.8) is 0 Å². The molecule has 1 rings (SSSR count). The Labute approximate surface area is 79.6 Å². The molecule has 0 aromatic heterocycles. The van der Waals surface area contributed by atoms with Gasteiger partial charge in [0.05, 0.1) is 5.25 Å². The Hall–Kier alpha value is -0.530. The van der Waals surface area contributed by atoms with Gasteiger partial charge in [-0.3, -0.25) is 4.18 Å². The summed E-state index contributed by atoms with van der Waals surface area (Å²) in [4.78, 5) is 0. The first kappa shape index (κ1) is 10.6. The highest BCUT2D eigenvalue weighted by Crippen LogP contribution is 2.24. The molecule has 4 heteroatoms. The van der Waals surface area contributed by atoms with Crippen LogP contribution in [0.15, 0.2) is 0 Å². The molecule has 3 nitrogen and oxygen atoms in total. The van der Waals surface area contributed by atoms with Crippen LogP contribution in [0.4, 0.5) is 0 Å². The first-order chi connectivity index (χ1) is 6.17. The van der Waals surface area contributed by atoms with Crippen molar-refractivity contribution in [3.05, 3.63) is 0 Å². The fourth-order valence-corrected chi connectivity index (χ4v) is 2.90. The minimum absolute atomic E-state index is 0.140. The van der Waals surface area contributed by atoms with Crippen LogP contribution in [0.3, 0.4) is 0 Å². The molecule has 0 aromatic carbocycles. The van der Waals surface area contributed by atoms with E-state index in [-0.39, 0.29) is 11.9 Å². The second-order valence-corrected chi connectivity index (χ2v) is 5.11. The Morgan fingerprint density at radius 2 is 1.92 bits per heavy atom. The van der Waals surface area contributed by atoms with Gasteiger partial charge in [0.25, 0.3) is 10.1 Å². The average molecular weight is 202 g/mol. The maximum absolute atomic E-state index is 11.4. The van der Waals surface area contributed by atoms with E-state index in [2.05, 4.69) is 10.1 Å². The van der Waals surface area contributed by atoms with Crippen LogP contribution in [0, 0.1) is 12.3 Å². The summed E-state index contributed by atoms with van der Waals surface area (Å²) in [5, 5.41) is -0.324. The van der Waals surface area contributed by atoms with Gasteiger partial charge in [-0.1, -0.05) is 25.2 Å². The summed E-state index contributed by atoms with van der Waals surface area (Å²) in [6.45, 7) is -0.140. The van der Waals surface area contributed by atoms with Gasteiger partial charge >= 0.3 is 0 Å². The zero-order chi connectivity index (χ0) is 9.73. The molecule has 0 amide bonds. The molecule has 0 heterocycles. The van der Waals surface area contributed by atoms with Crippen LogP contribution < -0.4 is 0 Å². The molecule has 13 heavy (non-hydrogen) atoms. The minimum Gasteiger partial charge on any atom is -0.257 e. The van der Waals surface area contributed by atoms with Crippen LogP contribution in [0.5, 0.6) is 0 Å². The summed E-state index contributed by atoms with van der Waals surface area (Å²) in [5.41, 5.74) is 0. The first-order valence-electron chi connectivity index (χ1n) is 4.48. The fourth-order valence-electron chi connectivity index (χ4n) is 1.57. The topological polar surface area (TPSA) is 43.4 Å². The van der Waals surface area contributed by atoms with Crippen molar-refractivity contribution in [2.45, 2.75) is 37.4 Å². The average Bonchev–Trinajstić information content (AvgIpc) is 2.16. The third-order valence-corrected chi connectivity index (χ3v) is 4.00. The summed E-state index contributed by atoms with van der Waals surface area (Å²) >= 11 is 0. The second-order valence-electron chi connectivity index (χ2n) is 3.22. The number of terminal acetylenes is 1. The van der Waals surface area contributed by atoms with Crippen molar-refractivity contribution < 1.29 is 12.6 Å². The Morgan fingerprint density at radius 1 is 1.31 bits per heavy atom. The van der Waals surface area contributed by atoms with Crippen LogP contribution in [0.1, 0.15) is 32.1 Å². The van der Waals surface area contributed by atoms with Crippen molar-refractivity contribution >= 4 is 10.1 Å². The van der Waals surface area contributed by atoms with E-state index < -0.39 is 10.1 Å². The van der Waals surface area contributed by atoms with Crippen molar-refractivity contribution in [1.29, 1.82) is 0 Å². The molecule has 0 unspecified atom stereocenters. The van der Waals surface area contributed by atoms with Crippen LogP contribution >= 0.6 is 0 Å². The van der Waals surface area contributed by atoms with Crippen molar-refractivity contribution in [1.82, 2.24) is 0 Å². The molecule has 1 aliphatic rings. The molecule has 0 N–H and O–H groups in total. The van der Waals surface area contributed by atoms with Gasteiger partial charge in [-0.25, -0.2) is 0 Å². The van der Waals surface area contributed by atoms with Crippen molar-refractivity contribution in [2.24, 2.45) is 0 Å². The normalized spacial score (nSPS) is 19.6. The maximum Gasteiger partial charge on any atom is 0.271 e. The van der Waals surface area contributed by atoms with Crippen LogP contribution in [0.2, 0.25) is 0 Å². The maximum atomic E-state index is 11.4. The summed E-state index contributed by atoms with van der Waals surface area (Å²) < 4.78 is 27.5. The largest absolute Gasteiger partial charge is 0.271 e. The third kappa shape index (κ3) is 3.02. The Kier molecular flexibility index (Phi) is 3.76. The van der Waals surface area contributed by atoms with Crippen LogP contribution in [-0.4, -0.2) is 20.3 Å². The Morgan fingerprint density at radius 3 is 2.46 bits per heavy atom. The van der Waals surface area contributed by atoms with Crippen LogP contribution in [-0.2, 0) is 14.3 Å². The lowest BCUT2D eigenvalue weighted by molar-refractivity contribution is 0.341. The van der Waals surface area contributed by atoms with E-state index in [9.17, 15) is 8.42 Å². The second kappa shape index (κ2) is 4.64. The SMILES string of the molecule is C#CCOS(=O)(=O)C1CCCCC1. The highest BCUT2D eigenvalue weighted by Gasteiger charge is 2.27. The van der Waals surface area contributed by atoms with E-state index >= 15 is 0 Å². The van der Waals surface area contributed by atoms with Crippen molar-refractivity contribution in [2.75, 3.05) is 6.61 Å². The molecule has 1 fully saturated rings. The standard InChI is InChI=1S/C9H14O3S/c1-2-8-12-13(10,11)9-6-4-3-5-7-9/h1,9H,3-8H2. The van der Waals surface area contributed by atoms with Gasteiger partial charge in [0.15, 0.2) is 0 Å². The smallest absolute Gasteiger partial charge is 0.257 e. The monoisotopic (exact) mass is 202 g/mol.